The highest BCUT2D eigenvalue weighted by Gasteiger charge is 2.22. The molecule has 0 fully saturated rings. The summed E-state index contributed by atoms with van der Waals surface area (Å²) in [7, 11) is -3.00. The van der Waals surface area contributed by atoms with Crippen LogP contribution in [-0.2, 0) is 29.7 Å². The third-order valence-electron chi connectivity index (χ3n) is 6.49. The van der Waals surface area contributed by atoms with Gasteiger partial charge in [0.1, 0.15) is 17.9 Å². The van der Waals surface area contributed by atoms with Gasteiger partial charge in [0.2, 0.25) is 0 Å². The number of unbranched alkanes of at least 4 members (excludes halogenated alkanes) is 15. The van der Waals surface area contributed by atoms with Gasteiger partial charge in [-0.3, -0.25) is 9.05 Å². The van der Waals surface area contributed by atoms with Crippen molar-refractivity contribution >= 4 is 7.82 Å². The minimum absolute atomic E-state index is 0.134. The fraction of sp³-hybridized carbons (Fsp3) is 0.793. The van der Waals surface area contributed by atoms with E-state index in [0.29, 0.717) is 18.0 Å². The third-order valence-corrected chi connectivity index (χ3v) is 7.43. The number of ether oxygens (including phenoxy) is 2. The summed E-state index contributed by atoms with van der Waals surface area (Å²) < 4.78 is 32.6. The molecule has 0 aliphatic rings. The molecule has 0 saturated heterocycles. The zero-order chi connectivity index (χ0) is 27.7. The van der Waals surface area contributed by atoms with E-state index in [9.17, 15) is 9.46 Å². The van der Waals surface area contributed by atoms with Gasteiger partial charge in [0, 0.05) is 13.7 Å². The first-order chi connectivity index (χ1) is 18.5. The predicted molar refractivity (Wildman–Crippen MR) is 151 cm³/mol. The van der Waals surface area contributed by atoms with Gasteiger partial charge in [0.15, 0.2) is 0 Å². The lowest BCUT2D eigenvalue weighted by molar-refractivity contribution is -0.0508. The van der Waals surface area contributed by atoms with Gasteiger partial charge in [0.05, 0.1) is 25.5 Å². The Bertz CT molecular complexity index is 789. The van der Waals surface area contributed by atoms with Gasteiger partial charge < -0.3 is 14.4 Å². The highest BCUT2D eigenvalue weighted by Crippen LogP contribution is 2.42. The Kier molecular flexibility index (Phi) is 21.5. The van der Waals surface area contributed by atoms with Crippen LogP contribution < -0.4 is 0 Å². The van der Waals surface area contributed by atoms with Crippen molar-refractivity contribution in [2.75, 3.05) is 26.9 Å². The zero-order valence-corrected chi connectivity index (χ0v) is 24.7. The van der Waals surface area contributed by atoms with Crippen molar-refractivity contribution in [2.24, 2.45) is 0 Å². The van der Waals surface area contributed by atoms with Crippen molar-refractivity contribution in [3.05, 3.63) is 29.6 Å². The van der Waals surface area contributed by atoms with Gasteiger partial charge in [0.25, 0.3) is 0 Å². The van der Waals surface area contributed by atoms with Gasteiger partial charge in [-0.15, -0.1) is 0 Å². The van der Waals surface area contributed by atoms with Crippen LogP contribution in [0.3, 0.4) is 0 Å². The molecule has 8 nitrogen and oxygen atoms in total. The predicted octanol–water partition coefficient (Wildman–Crippen LogP) is 7.88. The number of nitriles is 1. The molecular weight excluding hydrogens is 503 g/mol. The standard InChI is InChI=1S/C29H51N2O6P/c1-3-4-5-6-7-8-9-10-11-12-13-14-15-16-17-18-22-35-25-29(26-37-38(32,33)34-2)36-24-28-21-19-20-27(23-30)31-28/h19-21,29H,3-18,22,24-26H2,1-2H3,(H,32,33)/t29-/m1/s1. The van der Waals surface area contributed by atoms with Crippen LogP contribution in [0.2, 0.25) is 0 Å². The number of pyridine rings is 1. The van der Waals surface area contributed by atoms with Crippen molar-refractivity contribution < 1.29 is 28.0 Å². The second-order valence-electron chi connectivity index (χ2n) is 9.88. The summed E-state index contributed by atoms with van der Waals surface area (Å²) in [5.41, 5.74) is 0.892. The lowest BCUT2D eigenvalue weighted by Crippen LogP contribution is -2.26. The van der Waals surface area contributed by atoms with E-state index in [1.54, 1.807) is 18.2 Å². The lowest BCUT2D eigenvalue weighted by atomic mass is 10.0. The molecule has 1 rings (SSSR count). The van der Waals surface area contributed by atoms with E-state index in [-0.39, 0.29) is 19.8 Å². The summed E-state index contributed by atoms with van der Waals surface area (Å²) >= 11 is 0. The fourth-order valence-electron chi connectivity index (χ4n) is 4.17. The lowest BCUT2D eigenvalue weighted by Gasteiger charge is -2.19. The van der Waals surface area contributed by atoms with Crippen LogP contribution in [0.15, 0.2) is 18.2 Å². The maximum Gasteiger partial charge on any atom is 0.472 e. The number of aromatic nitrogens is 1. The van der Waals surface area contributed by atoms with Crippen LogP contribution in [-0.4, -0.2) is 42.9 Å². The van der Waals surface area contributed by atoms with E-state index >= 15 is 0 Å². The van der Waals surface area contributed by atoms with Crippen molar-refractivity contribution in [1.82, 2.24) is 4.98 Å². The highest BCUT2D eigenvalue weighted by atomic mass is 31.2. The van der Waals surface area contributed by atoms with Crippen molar-refractivity contribution in [2.45, 2.75) is 122 Å². The van der Waals surface area contributed by atoms with Crippen molar-refractivity contribution in [3.63, 3.8) is 0 Å². The molecule has 38 heavy (non-hydrogen) atoms. The molecule has 0 amide bonds. The molecule has 1 unspecified atom stereocenters. The first-order valence-corrected chi connectivity index (χ1v) is 16.1. The van der Waals surface area contributed by atoms with Gasteiger partial charge in [-0.25, -0.2) is 9.55 Å². The smallest absolute Gasteiger partial charge is 0.379 e. The summed E-state index contributed by atoms with van der Waals surface area (Å²) in [6.45, 7) is 3.07. The molecule has 218 valence electrons. The molecule has 0 aromatic carbocycles. The van der Waals surface area contributed by atoms with Crippen LogP contribution in [0, 0.1) is 11.3 Å². The molecule has 2 atom stereocenters. The van der Waals surface area contributed by atoms with E-state index in [0.717, 1.165) is 20.0 Å². The Labute approximate surface area is 231 Å². The summed E-state index contributed by atoms with van der Waals surface area (Å²) in [5, 5.41) is 9.00. The average molecular weight is 555 g/mol. The van der Waals surface area contributed by atoms with Crippen LogP contribution in [0.5, 0.6) is 0 Å². The minimum atomic E-state index is -4.11. The van der Waals surface area contributed by atoms with Gasteiger partial charge in [-0.1, -0.05) is 109 Å². The minimum Gasteiger partial charge on any atom is -0.379 e. The Balaban J connectivity index is 2.08. The molecule has 0 radical (unpaired) electrons. The molecule has 0 aliphatic carbocycles. The first kappa shape index (κ1) is 34.7. The molecule has 1 aromatic rings. The Morgan fingerprint density at radius 3 is 1.97 bits per heavy atom. The van der Waals surface area contributed by atoms with Gasteiger partial charge in [-0.05, 0) is 18.6 Å². The second kappa shape index (κ2) is 23.5. The van der Waals surface area contributed by atoms with E-state index < -0.39 is 13.9 Å². The molecule has 0 aliphatic heterocycles. The third kappa shape index (κ3) is 19.7. The fourth-order valence-corrected chi connectivity index (χ4v) is 4.63. The monoisotopic (exact) mass is 554 g/mol. The Morgan fingerprint density at radius 1 is 0.895 bits per heavy atom. The van der Waals surface area contributed by atoms with Crippen LogP contribution in [0.1, 0.15) is 121 Å². The van der Waals surface area contributed by atoms with Gasteiger partial charge in [-0.2, -0.15) is 5.26 Å². The normalized spacial score (nSPS) is 13.7. The number of nitrogens with zero attached hydrogens (tertiary/aromatic N) is 2. The van der Waals surface area contributed by atoms with Crippen LogP contribution in [0.4, 0.5) is 0 Å². The Hall–Kier alpha value is -1.33. The highest BCUT2D eigenvalue weighted by molar-refractivity contribution is 7.47. The maximum atomic E-state index is 11.7. The molecule has 1 heterocycles. The number of hydrogen-bond donors (Lipinski definition) is 1. The summed E-state index contributed by atoms with van der Waals surface area (Å²) in [6.07, 6.45) is 20.6. The SMILES string of the molecule is CCCCCCCCCCCCCCCCCCOC[C@H](COP(=O)(O)OC)OCc1cccc(C#N)n1. The Morgan fingerprint density at radius 2 is 1.45 bits per heavy atom. The molecular formula is C29H51N2O6P. The number of phosphoric acid groups is 1. The summed E-state index contributed by atoms with van der Waals surface area (Å²) in [4.78, 5) is 13.7. The topological polar surface area (TPSA) is 111 Å². The second-order valence-corrected chi connectivity index (χ2v) is 11.4. The van der Waals surface area contributed by atoms with Crippen LogP contribution >= 0.6 is 7.82 Å². The van der Waals surface area contributed by atoms with E-state index in [1.807, 2.05) is 6.07 Å². The van der Waals surface area contributed by atoms with E-state index in [1.165, 1.54) is 89.9 Å². The van der Waals surface area contributed by atoms with Crippen molar-refractivity contribution in [3.8, 4) is 6.07 Å². The molecule has 9 heteroatoms. The molecule has 1 aromatic heterocycles. The van der Waals surface area contributed by atoms with E-state index in [2.05, 4.69) is 16.4 Å². The van der Waals surface area contributed by atoms with Gasteiger partial charge >= 0.3 is 7.82 Å². The first-order valence-electron chi connectivity index (χ1n) is 14.6. The zero-order valence-electron chi connectivity index (χ0n) is 23.8. The molecule has 0 saturated carbocycles. The number of phosphoric ester groups is 1. The molecule has 0 spiro atoms. The van der Waals surface area contributed by atoms with E-state index in [4.69, 9.17) is 19.3 Å². The van der Waals surface area contributed by atoms with Crippen LogP contribution in [0.25, 0.3) is 0 Å². The molecule has 0 bridgehead atoms. The number of hydrogen-bond acceptors (Lipinski definition) is 7. The summed E-state index contributed by atoms with van der Waals surface area (Å²) in [6, 6.07) is 7.10. The quantitative estimate of drug-likeness (QED) is 0.0909. The summed E-state index contributed by atoms with van der Waals surface area (Å²) in [5.74, 6) is 0. The number of rotatable bonds is 26. The molecule has 1 N–H and O–H groups in total. The average Bonchev–Trinajstić information content (AvgIpc) is 2.93. The maximum absolute atomic E-state index is 11.7. The van der Waals surface area contributed by atoms with Crippen molar-refractivity contribution in [1.29, 1.82) is 5.26 Å². The largest absolute Gasteiger partial charge is 0.472 e.